The van der Waals surface area contributed by atoms with Crippen LogP contribution < -0.4 is 11.5 Å². The zero-order valence-electron chi connectivity index (χ0n) is 11.5. The van der Waals surface area contributed by atoms with Crippen molar-refractivity contribution in [2.24, 2.45) is 0 Å². The van der Waals surface area contributed by atoms with Crippen LogP contribution >= 0.6 is 11.3 Å². The monoisotopic (exact) mass is 292 g/mol. The van der Waals surface area contributed by atoms with Gasteiger partial charge in [0.1, 0.15) is 0 Å². The van der Waals surface area contributed by atoms with E-state index >= 15 is 0 Å². The second-order valence-corrected chi connectivity index (χ2v) is 5.89. The SMILES string of the molecule is Cc1cc(-c2cc(N)c(CCO)c(CCO)c2N)cs1. The van der Waals surface area contributed by atoms with Gasteiger partial charge in [0.05, 0.1) is 0 Å². The van der Waals surface area contributed by atoms with Crippen LogP contribution in [0.15, 0.2) is 17.5 Å². The van der Waals surface area contributed by atoms with Crippen molar-refractivity contribution in [2.45, 2.75) is 19.8 Å². The maximum atomic E-state index is 9.24. The molecule has 0 aliphatic carbocycles. The van der Waals surface area contributed by atoms with Crippen LogP contribution in [0, 0.1) is 6.92 Å². The maximum Gasteiger partial charge on any atom is 0.0472 e. The van der Waals surface area contributed by atoms with Gasteiger partial charge in [0.15, 0.2) is 0 Å². The second kappa shape index (κ2) is 6.26. The maximum absolute atomic E-state index is 9.24. The predicted octanol–water partition coefficient (Wildman–Crippen LogP) is 1.96. The van der Waals surface area contributed by atoms with Gasteiger partial charge in [-0.25, -0.2) is 0 Å². The van der Waals surface area contributed by atoms with Crippen molar-refractivity contribution in [3.63, 3.8) is 0 Å². The third-order valence-corrected chi connectivity index (χ3v) is 4.25. The van der Waals surface area contributed by atoms with Gasteiger partial charge < -0.3 is 21.7 Å². The summed E-state index contributed by atoms with van der Waals surface area (Å²) in [6.45, 7) is 2.07. The highest BCUT2D eigenvalue weighted by Crippen LogP contribution is 2.37. The molecule has 0 radical (unpaired) electrons. The highest BCUT2D eigenvalue weighted by Gasteiger charge is 2.16. The molecular formula is C15H20N2O2S. The lowest BCUT2D eigenvalue weighted by molar-refractivity contribution is 0.293. The van der Waals surface area contributed by atoms with Crippen molar-refractivity contribution in [2.75, 3.05) is 24.7 Å². The van der Waals surface area contributed by atoms with Crippen LogP contribution in [0.5, 0.6) is 0 Å². The van der Waals surface area contributed by atoms with Crippen molar-refractivity contribution in [1.82, 2.24) is 0 Å². The Balaban J connectivity index is 2.60. The van der Waals surface area contributed by atoms with E-state index in [1.165, 1.54) is 4.88 Å². The lowest BCUT2D eigenvalue weighted by Crippen LogP contribution is -2.09. The Morgan fingerprint density at radius 3 is 2.25 bits per heavy atom. The number of rotatable bonds is 5. The quantitative estimate of drug-likeness (QED) is 0.634. The fraction of sp³-hybridized carbons (Fsp3) is 0.333. The lowest BCUT2D eigenvalue weighted by Gasteiger charge is -2.17. The van der Waals surface area contributed by atoms with Gasteiger partial charge in [-0.1, -0.05) is 0 Å². The van der Waals surface area contributed by atoms with Crippen LogP contribution in [-0.2, 0) is 12.8 Å². The highest BCUT2D eigenvalue weighted by molar-refractivity contribution is 7.10. The average Bonchev–Trinajstić information content (AvgIpc) is 2.84. The van der Waals surface area contributed by atoms with Crippen molar-refractivity contribution < 1.29 is 10.2 Å². The van der Waals surface area contributed by atoms with E-state index in [1.54, 1.807) is 11.3 Å². The zero-order valence-corrected chi connectivity index (χ0v) is 12.3. The van der Waals surface area contributed by atoms with E-state index in [0.717, 1.165) is 22.3 Å². The van der Waals surface area contributed by atoms with Crippen LogP contribution in [-0.4, -0.2) is 23.4 Å². The number of aliphatic hydroxyl groups is 2. The van der Waals surface area contributed by atoms with Gasteiger partial charge >= 0.3 is 0 Å². The molecule has 2 rings (SSSR count). The second-order valence-electron chi connectivity index (χ2n) is 4.78. The molecule has 5 heteroatoms. The fourth-order valence-electron chi connectivity index (χ4n) is 2.45. The van der Waals surface area contributed by atoms with Crippen LogP contribution in [0.1, 0.15) is 16.0 Å². The number of aryl methyl sites for hydroxylation is 1. The van der Waals surface area contributed by atoms with Gasteiger partial charge in [0.2, 0.25) is 0 Å². The van der Waals surface area contributed by atoms with E-state index in [9.17, 15) is 5.11 Å². The van der Waals surface area contributed by atoms with Crippen LogP contribution in [0.3, 0.4) is 0 Å². The highest BCUT2D eigenvalue weighted by atomic mass is 32.1. The molecule has 20 heavy (non-hydrogen) atoms. The molecule has 0 saturated heterocycles. The Kier molecular flexibility index (Phi) is 4.65. The zero-order chi connectivity index (χ0) is 14.7. The fourth-order valence-corrected chi connectivity index (χ4v) is 3.15. The Bertz CT molecular complexity index is 608. The Morgan fingerprint density at radius 2 is 1.70 bits per heavy atom. The number of nitrogen functional groups attached to an aromatic ring is 2. The molecule has 0 fully saturated rings. The number of anilines is 2. The first-order chi connectivity index (χ1) is 9.58. The molecule has 0 saturated carbocycles. The topological polar surface area (TPSA) is 92.5 Å². The van der Waals surface area contributed by atoms with Crippen molar-refractivity contribution in [1.29, 1.82) is 0 Å². The molecule has 1 aromatic heterocycles. The van der Waals surface area contributed by atoms with E-state index in [0.29, 0.717) is 24.2 Å². The van der Waals surface area contributed by atoms with E-state index in [2.05, 4.69) is 11.4 Å². The summed E-state index contributed by atoms with van der Waals surface area (Å²) in [5.41, 5.74) is 17.3. The molecule has 0 amide bonds. The minimum Gasteiger partial charge on any atom is -0.398 e. The van der Waals surface area contributed by atoms with Crippen molar-refractivity contribution in [3.05, 3.63) is 33.5 Å². The first kappa shape index (κ1) is 14.8. The van der Waals surface area contributed by atoms with Crippen LogP contribution in [0.25, 0.3) is 11.1 Å². The van der Waals surface area contributed by atoms with Crippen molar-refractivity contribution in [3.8, 4) is 11.1 Å². The van der Waals surface area contributed by atoms with E-state index in [-0.39, 0.29) is 13.2 Å². The molecule has 1 heterocycles. The number of nitrogens with two attached hydrogens (primary N) is 2. The Hall–Kier alpha value is -1.56. The number of hydrogen-bond acceptors (Lipinski definition) is 5. The number of thiophene rings is 1. The number of aliphatic hydroxyl groups excluding tert-OH is 2. The number of benzene rings is 1. The van der Waals surface area contributed by atoms with Gasteiger partial charge in [-0.05, 0) is 54.0 Å². The molecule has 4 nitrogen and oxygen atoms in total. The normalized spacial score (nSPS) is 10.9. The summed E-state index contributed by atoms with van der Waals surface area (Å²) in [5.74, 6) is 0. The molecule has 0 aliphatic heterocycles. The summed E-state index contributed by atoms with van der Waals surface area (Å²) in [6, 6.07) is 3.94. The summed E-state index contributed by atoms with van der Waals surface area (Å²) in [6.07, 6.45) is 0.899. The molecule has 1 aromatic carbocycles. The number of hydrogen-bond donors (Lipinski definition) is 4. The largest absolute Gasteiger partial charge is 0.398 e. The summed E-state index contributed by atoms with van der Waals surface area (Å²) in [7, 11) is 0. The first-order valence-electron chi connectivity index (χ1n) is 6.55. The van der Waals surface area contributed by atoms with E-state index < -0.39 is 0 Å². The van der Waals surface area contributed by atoms with Gasteiger partial charge in [0.25, 0.3) is 0 Å². The molecule has 2 aromatic rings. The smallest absolute Gasteiger partial charge is 0.0472 e. The lowest BCUT2D eigenvalue weighted by atomic mass is 9.92. The summed E-state index contributed by atoms with van der Waals surface area (Å²) in [5, 5.41) is 20.4. The third kappa shape index (κ3) is 2.80. The Morgan fingerprint density at radius 1 is 1.05 bits per heavy atom. The first-order valence-corrected chi connectivity index (χ1v) is 7.43. The molecule has 0 spiro atoms. The minimum absolute atomic E-state index is 0.00812. The van der Waals surface area contributed by atoms with Gasteiger partial charge in [-0.15, -0.1) is 11.3 Å². The standard InChI is InChI=1S/C15H20N2O2S/c1-9-6-10(8-20-9)13-7-14(16)11(2-4-18)12(3-5-19)15(13)17/h6-8,18-19H,2-5,16-17H2,1H3. The van der Waals surface area contributed by atoms with Crippen LogP contribution in [0.4, 0.5) is 11.4 Å². The third-order valence-electron chi connectivity index (χ3n) is 3.39. The van der Waals surface area contributed by atoms with E-state index in [1.807, 2.05) is 13.0 Å². The minimum atomic E-state index is 0.00812. The molecule has 0 aliphatic rings. The van der Waals surface area contributed by atoms with Crippen molar-refractivity contribution >= 4 is 22.7 Å². The van der Waals surface area contributed by atoms with E-state index in [4.69, 9.17) is 16.6 Å². The van der Waals surface area contributed by atoms with Gasteiger partial charge in [-0.2, -0.15) is 0 Å². The summed E-state index contributed by atoms with van der Waals surface area (Å²) in [4.78, 5) is 1.21. The molecule has 0 unspecified atom stereocenters. The van der Waals surface area contributed by atoms with Crippen LogP contribution in [0.2, 0.25) is 0 Å². The molecular weight excluding hydrogens is 272 g/mol. The molecule has 108 valence electrons. The molecule has 6 N–H and O–H groups in total. The van der Waals surface area contributed by atoms with Gasteiger partial charge in [-0.3, -0.25) is 0 Å². The molecule has 0 atom stereocenters. The predicted molar refractivity (Wildman–Crippen MR) is 84.9 cm³/mol. The summed E-state index contributed by atoms with van der Waals surface area (Å²) < 4.78 is 0. The summed E-state index contributed by atoms with van der Waals surface area (Å²) >= 11 is 1.66. The van der Waals surface area contributed by atoms with Gasteiger partial charge in [0, 0.05) is 35.0 Å². The Labute approximate surface area is 122 Å². The average molecular weight is 292 g/mol. The molecule has 0 bridgehead atoms.